The number of amides is 4. The van der Waals surface area contributed by atoms with Crippen LogP contribution >= 0.6 is 0 Å². The van der Waals surface area contributed by atoms with Crippen LogP contribution in [-0.4, -0.2) is 65.3 Å². The minimum atomic E-state index is -0.874. The summed E-state index contributed by atoms with van der Waals surface area (Å²) in [6.07, 6.45) is -1.19. The molecule has 0 aliphatic carbocycles. The highest BCUT2D eigenvalue weighted by Crippen LogP contribution is 2.24. The summed E-state index contributed by atoms with van der Waals surface area (Å²) in [4.78, 5) is 51.9. The van der Waals surface area contributed by atoms with Crippen molar-refractivity contribution in [1.29, 1.82) is 0 Å². The summed E-state index contributed by atoms with van der Waals surface area (Å²) in [5.74, 6) is -0.874. The minimum absolute atomic E-state index is 0.0745. The topological polar surface area (TPSA) is 138 Å². The number of carbonyl (C=O) groups is 4. The molecule has 1 unspecified atom stereocenters. The van der Waals surface area contributed by atoms with Crippen LogP contribution in [0.5, 0.6) is 0 Å². The highest BCUT2D eigenvalue weighted by atomic mass is 16.6. The van der Waals surface area contributed by atoms with Crippen LogP contribution < -0.4 is 21.3 Å². The zero-order valence-corrected chi connectivity index (χ0v) is 23.9. The van der Waals surface area contributed by atoms with E-state index in [9.17, 15) is 19.2 Å². The predicted molar refractivity (Wildman–Crippen MR) is 152 cm³/mol. The van der Waals surface area contributed by atoms with E-state index >= 15 is 0 Å². The van der Waals surface area contributed by atoms with E-state index in [0.717, 1.165) is 11.4 Å². The minimum Gasteiger partial charge on any atom is -0.444 e. The Morgan fingerprint density at radius 2 is 1.40 bits per heavy atom. The fourth-order valence-corrected chi connectivity index (χ4v) is 4.01. The predicted octanol–water partition coefficient (Wildman–Crippen LogP) is 4.39. The van der Waals surface area contributed by atoms with Crippen molar-refractivity contribution in [2.45, 2.75) is 71.2 Å². The summed E-state index contributed by atoms with van der Waals surface area (Å²) >= 11 is 0. The SMILES string of the molecule is CC(C)(C)OC(=O)NCC(=O)NC1C[C@@H](C(=O)Nc2ccc(Nc3ccccc3)cc2)N(C(=O)OC(C)(C)C)C1. The molecule has 1 heterocycles. The van der Waals surface area contributed by atoms with E-state index in [4.69, 9.17) is 9.47 Å². The normalized spacial score (nSPS) is 17.0. The molecule has 1 aliphatic heterocycles. The molecular weight excluding hydrogens is 514 g/mol. The standard InChI is InChI=1S/C29H39N5O6/c1-28(2,3)39-26(37)30-17-24(35)32-22-16-23(34(18-22)27(38)40-29(4,5)6)25(36)33-21-14-12-20(13-15-21)31-19-10-8-7-9-11-19/h7-15,22-23,31H,16-18H2,1-6H3,(H,30,37)(H,32,35)(H,33,36)/t22?,23-/m0/s1. The van der Waals surface area contributed by atoms with E-state index in [1.54, 1.807) is 53.7 Å². The maximum absolute atomic E-state index is 13.3. The van der Waals surface area contributed by atoms with Crippen molar-refractivity contribution in [1.82, 2.24) is 15.5 Å². The highest BCUT2D eigenvalue weighted by Gasteiger charge is 2.42. The molecule has 2 aromatic rings. The Kier molecular flexibility index (Phi) is 9.62. The van der Waals surface area contributed by atoms with Crippen molar-refractivity contribution >= 4 is 41.1 Å². The van der Waals surface area contributed by atoms with Gasteiger partial charge in [-0.3, -0.25) is 14.5 Å². The molecule has 216 valence electrons. The van der Waals surface area contributed by atoms with Crippen LogP contribution in [-0.2, 0) is 19.1 Å². The number of nitrogens with zero attached hydrogens (tertiary/aromatic N) is 1. The van der Waals surface area contributed by atoms with E-state index in [1.165, 1.54) is 4.90 Å². The third kappa shape index (κ3) is 9.79. The lowest BCUT2D eigenvalue weighted by Crippen LogP contribution is -2.46. The van der Waals surface area contributed by atoms with Gasteiger partial charge in [-0.1, -0.05) is 18.2 Å². The number of para-hydroxylation sites is 1. The van der Waals surface area contributed by atoms with Gasteiger partial charge in [0.2, 0.25) is 11.8 Å². The van der Waals surface area contributed by atoms with Gasteiger partial charge in [-0.2, -0.15) is 0 Å². The van der Waals surface area contributed by atoms with E-state index < -0.39 is 47.3 Å². The van der Waals surface area contributed by atoms with Crippen molar-refractivity contribution in [2.75, 3.05) is 23.7 Å². The molecule has 11 nitrogen and oxygen atoms in total. The van der Waals surface area contributed by atoms with Crippen molar-refractivity contribution in [3.05, 3.63) is 54.6 Å². The summed E-state index contributed by atoms with van der Waals surface area (Å²) in [6, 6.07) is 15.5. The number of alkyl carbamates (subject to hydrolysis) is 1. The lowest BCUT2D eigenvalue weighted by Gasteiger charge is -2.28. The quantitative estimate of drug-likeness (QED) is 0.399. The van der Waals surface area contributed by atoms with Crippen LogP contribution in [0.3, 0.4) is 0 Å². The van der Waals surface area contributed by atoms with E-state index in [2.05, 4.69) is 21.3 Å². The lowest BCUT2D eigenvalue weighted by molar-refractivity contribution is -0.121. The molecule has 0 spiro atoms. The summed E-state index contributed by atoms with van der Waals surface area (Å²) in [6.45, 7) is 10.1. The summed E-state index contributed by atoms with van der Waals surface area (Å²) < 4.78 is 10.7. The first-order valence-electron chi connectivity index (χ1n) is 13.2. The van der Waals surface area contributed by atoms with Gasteiger partial charge in [0.05, 0.1) is 0 Å². The van der Waals surface area contributed by atoms with Crippen molar-refractivity contribution in [3.8, 4) is 0 Å². The first kappa shape index (κ1) is 30.3. The molecule has 1 fully saturated rings. The number of hydrogen-bond donors (Lipinski definition) is 4. The summed E-state index contributed by atoms with van der Waals surface area (Å²) in [5, 5.41) is 11.3. The lowest BCUT2D eigenvalue weighted by atomic mass is 10.1. The average Bonchev–Trinajstić information content (AvgIpc) is 3.27. The molecule has 0 radical (unpaired) electrons. The number of rotatable bonds is 7. The number of nitrogens with one attached hydrogen (secondary N) is 4. The Hall–Kier alpha value is -4.28. The van der Waals surface area contributed by atoms with Gasteiger partial charge in [0, 0.05) is 29.6 Å². The maximum Gasteiger partial charge on any atom is 0.411 e. The zero-order chi connectivity index (χ0) is 29.5. The molecule has 2 atom stereocenters. The van der Waals surface area contributed by atoms with Gasteiger partial charge in [0.25, 0.3) is 0 Å². The number of carbonyl (C=O) groups excluding carboxylic acids is 4. The number of benzene rings is 2. The first-order chi connectivity index (χ1) is 18.7. The highest BCUT2D eigenvalue weighted by molar-refractivity contribution is 5.97. The van der Waals surface area contributed by atoms with Crippen LogP contribution in [0.15, 0.2) is 54.6 Å². The third-order valence-corrected chi connectivity index (χ3v) is 5.60. The Bertz CT molecular complexity index is 1190. The number of ether oxygens (including phenoxy) is 2. The van der Waals surface area contributed by atoms with Crippen molar-refractivity contribution in [3.63, 3.8) is 0 Å². The van der Waals surface area contributed by atoms with Crippen LogP contribution in [0.25, 0.3) is 0 Å². The summed E-state index contributed by atoms with van der Waals surface area (Å²) in [7, 11) is 0. The number of anilines is 3. The van der Waals surface area contributed by atoms with Gasteiger partial charge in [-0.15, -0.1) is 0 Å². The van der Waals surface area contributed by atoms with Crippen LogP contribution in [0.1, 0.15) is 48.0 Å². The molecule has 11 heteroatoms. The van der Waals surface area contributed by atoms with Crippen molar-refractivity contribution < 1.29 is 28.7 Å². The second-order valence-corrected chi connectivity index (χ2v) is 11.6. The molecule has 4 amide bonds. The molecule has 1 saturated heterocycles. The Balaban J connectivity index is 1.63. The van der Waals surface area contributed by atoms with Gasteiger partial charge in [0.1, 0.15) is 23.8 Å². The van der Waals surface area contributed by atoms with Gasteiger partial charge < -0.3 is 30.7 Å². The number of likely N-dealkylation sites (tertiary alicyclic amines) is 1. The average molecular weight is 554 g/mol. The fourth-order valence-electron chi connectivity index (χ4n) is 4.01. The molecule has 3 rings (SSSR count). The van der Waals surface area contributed by atoms with Crippen molar-refractivity contribution in [2.24, 2.45) is 0 Å². The Morgan fingerprint density at radius 3 is 2.00 bits per heavy atom. The van der Waals surface area contributed by atoms with E-state index in [1.807, 2.05) is 42.5 Å². The summed E-state index contributed by atoms with van der Waals surface area (Å²) in [5.41, 5.74) is 0.884. The molecule has 2 aromatic carbocycles. The molecule has 4 N–H and O–H groups in total. The fraction of sp³-hybridized carbons (Fsp3) is 0.448. The third-order valence-electron chi connectivity index (χ3n) is 5.60. The molecular formula is C29H39N5O6. The second-order valence-electron chi connectivity index (χ2n) is 11.6. The van der Waals surface area contributed by atoms with Gasteiger partial charge in [-0.05, 0) is 84.4 Å². The number of hydrogen-bond acceptors (Lipinski definition) is 7. The van der Waals surface area contributed by atoms with E-state index in [-0.39, 0.29) is 19.5 Å². The maximum atomic E-state index is 13.3. The molecule has 0 aromatic heterocycles. The van der Waals surface area contributed by atoms with Crippen LogP contribution in [0.2, 0.25) is 0 Å². The smallest absolute Gasteiger partial charge is 0.411 e. The molecule has 0 saturated carbocycles. The van der Waals surface area contributed by atoms with Gasteiger partial charge in [-0.25, -0.2) is 9.59 Å². The molecule has 1 aliphatic rings. The Morgan fingerprint density at radius 1 is 0.825 bits per heavy atom. The molecule has 0 bridgehead atoms. The van der Waals surface area contributed by atoms with Crippen LogP contribution in [0, 0.1) is 0 Å². The second kappa shape index (κ2) is 12.7. The molecule has 40 heavy (non-hydrogen) atoms. The van der Waals surface area contributed by atoms with Gasteiger partial charge in [0.15, 0.2) is 0 Å². The monoisotopic (exact) mass is 553 g/mol. The van der Waals surface area contributed by atoms with Crippen LogP contribution in [0.4, 0.5) is 26.7 Å². The largest absolute Gasteiger partial charge is 0.444 e. The Labute approximate surface area is 235 Å². The van der Waals surface area contributed by atoms with Gasteiger partial charge >= 0.3 is 12.2 Å². The zero-order valence-electron chi connectivity index (χ0n) is 23.9. The van der Waals surface area contributed by atoms with E-state index in [0.29, 0.717) is 5.69 Å². The first-order valence-corrected chi connectivity index (χ1v) is 13.2.